The van der Waals surface area contributed by atoms with Gasteiger partial charge in [0.25, 0.3) is 0 Å². The van der Waals surface area contributed by atoms with Crippen LogP contribution in [-0.2, 0) is 0 Å². The van der Waals surface area contributed by atoms with Crippen LogP contribution in [0.1, 0.15) is 44.7 Å². The Morgan fingerprint density at radius 1 is 1.06 bits per heavy atom. The summed E-state index contributed by atoms with van der Waals surface area (Å²) in [6.07, 6.45) is 0. The maximum absolute atomic E-state index is 3.23. The monoisotopic (exact) mass is 229 g/mol. The van der Waals surface area contributed by atoms with Gasteiger partial charge in [0.15, 0.2) is 0 Å². The molecule has 1 heteroatoms. The average Bonchev–Trinajstić information content (AvgIpc) is 2.35. The molecule has 1 aromatic carbocycles. The number of benzene rings is 1. The highest BCUT2D eigenvalue weighted by atomic mass is 15.1. The first-order valence-corrected chi connectivity index (χ1v) is 6.48. The van der Waals surface area contributed by atoms with Gasteiger partial charge in [-0.3, -0.25) is 4.90 Å². The van der Waals surface area contributed by atoms with Gasteiger partial charge in [-0.2, -0.15) is 0 Å². The topological polar surface area (TPSA) is 3.24 Å². The first-order chi connectivity index (χ1) is 8.17. The van der Waals surface area contributed by atoms with Crippen LogP contribution in [0.4, 0.5) is 0 Å². The molecule has 0 saturated heterocycles. The molecule has 0 aliphatic carbocycles. The molecule has 0 bridgehead atoms. The Kier molecular flexibility index (Phi) is 5.80. The fourth-order valence-electron chi connectivity index (χ4n) is 1.65. The molecule has 0 spiro atoms. The van der Waals surface area contributed by atoms with Crippen LogP contribution in [0.2, 0.25) is 0 Å². The fraction of sp³-hybridized carbons (Fsp3) is 0.500. The van der Waals surface area contributed by atoms with Crippen molar-refractivity contribution in [2.45, 2.75) is 33.6 Å². The molecule has 0 unspecified atom stereocenters. The van der Waals surface area contributed by atoms with Crippen LogP contribution in [0.15, 0.2) is 24.3 Å². The van der Waals surface area contributed by atoms with E-state index in [0.717, 1.165) is 25.2 Å². The van der Waals surface area contributed by atoms with E-state index >= 15 is 0 Å². The van der Waals surface area contributed by atoms with E-state index < -0.39 is 0 Å². The maximum atomic E-state index is 3.23. The highest BCUT2D eigenvalue weighted by molar-refractivity contribution is 5.37. The molecule has 0 radical (unpaired) electrons. The SMILES string of the molecule is CCN(CC)CC#Cc1ccc(C(C)C)cc1. The van der Waals surface area contributed by atoms with E-state index in [1.165, 1.54) is 5.56 Å². The Morgan fingerprint density at radius 3 is 2.12 bits per heavy atom. The van der Waals surface area contributed by atoms with Crippen LogP contribution in [-0.4, -0.2) is 24.5 Å². The van der Waals surface area contributed by atoms with Gasteiger partial charge in [-0.15, -0.1) is 0 Å². The summed E-state index contributed by atoms with van der Waals surface area (Å²) in [6.45, 7) is 11.8. The molecule has 1 aromatic rings. The standard InChI is InChI=1S/C16H23N/c1-5-17(6-2)13-7-8-15-9-11-16(12-10-15)14(3)4/h9-12,14H,5-6,13H2,1-4H3. The first-order valence-electron chi connectivity index (χ1n) is 6.48. The predicted octanol–water partition coefficient (Wildman–Crippen LogP) is 3.50. The summed E-state index contributed by atoms with van der Waals surface area (Å²) >= 11 is 0. The zero-order valence-electron chi connectivity index (χ0n) is 11.5. The van der Waals surface area contributed by atoms with Crippen molar-refractivity contribution in [1.29, 1.82) is 0 Å². The zero-order valence-corrected chi connectivity index (χ0v) is 11.5. The summed E-state index contributed by atoms with van der Waals surface area (Å²) < 4.78 is 0. The predicted molar refractivity (Wildman–Crippen MR) is 75.2 cm³/mol. The Labute approximate surface area is 106 Å². The number of hydrogen-bond donors (Lipinski definition) is 0. The second kappa shape index (κ2) is 7.14. The first kappa shape index (κ1) is 13.8. The van der Waals surface area contributed by atoms with Crippen molar-refractivity contribution in [2.75, 3.05) is 19.6 Å². The highest BCUT2D eigenvalue weighted by Crippen LogP contribution is 2.13. The minimum Gasteiger partial charge on any atom is -0.293 e. The van der Waals surface area contributed by atoms with Gasteiger partial charge in [0.1, 0.15) is 0 Å². The molecule has 17 heavy (non-hydrogen) atoms. The third kappa shape index (κ3) is 4.63. The molecule has 0 atom stereocenters. The van der Waals surface area contributed by atoms with Crippen molar-refractivity contribution < 1.29 is 0 Å². The van der Waals surface area contributed by atoms with E-state index in [9.17, 15) is 0 Å². The van der Waals surface area contributed by atoms with Crippen LogP contribution in [0.25, 0.3) is 0 Å². The number of hydrogen-bond acceptors (Lipinski definition) is 1. The molecule has 0 heterocycles. The maximum Gasteiger partial charge on any atom is 0.0605 e. The van der Waals surface area contributed by atoms with Gasteiger partial charge < -0.3 is 0 Å². The molecule has 1 nitrogen and oxygen atoms in total. The summed E-state index contributed by atoms with van der Waals surface area (Å²) in [4.78, 5) is 2.31. The molecule has 0 saturated carbocycles. The molecule has 92 valence electrons. The summed E-state index contributed by atoms with van der Waals surface area (Å²) in [6, 6.07) is 8.58. The third-order valence-electron chi connectivity index (χ3n) is 3.01. The lowest BCUT2D eigenvalue weighted by Crippen LogP contribution is -2.22. The summed E-state index contributed by atoms with van der Waals surface area (Å²) in [5, 5.41) is 0. The van der Waals surface area contributed by atoms with E-state index in [0.29, 0.717) is 5.92 Å². The molecule has 0 aliphatic heterocycles. The fourth-order valence-corrected chi connectivity index (χ4v) is 1.65. The van der Waals surface area contributed by atoms with E-state index in [1.54, 1.807) is 0 Å². The average molecular weight is 229 g/mol. The molecular weight excluding hydrogens is 206 g/mol. The summed E-state index contributed by atoms with van der Waals surface area (Å²) in [5.74, 6) is 7.04. The van der Waals surface area contributed by atoms with Crippen molar-refractivity contribution in [1.82, 2.24) is 4.90 Å². The number of nitrogens with zero attached hydrogens (tertiary/aromatic N) is 1. The van der Waals surface area contributed by atoms with Gasteiger partial charge in [0, 0.05) is 5.56 Å². The number of rotatable bonds is 4. The lowest BCUT2D eigenvalue weighted by atomic mass is 10.0. The minimum absolute atomic E-state index is 0.590. The van der Waals surface area contributed by atoms with Crippen molar-refractivity contribution in [3.63, 3.8) is 0 Å². The van der Waals surface area contributed by atoms with Crippen LogP contribution < -0.4 is 0 Å². The highest BCUT2D eigenvalue weighted by Gasteiger charge is 1.97. The van der Waals surface area contributed by atoms with E-state index in [2.05, 4.69) is 68.7 Å². The Hall–Kier alpha value is -1.26. The molecule has 0 N–H and O–H groups in total. The van der Waals surface area contributed by atoms with Gasteiger partial charge in [0.05, 0.1) is 6.54 Å². The van der Waals surface area contributed by atoms with Crippen LogP contribution in [0, 0.1) is 11.8 Å². The second-order valence-electron chi connectivity index (χ2n) is 4.54. The third-order valence-corrected chi connectivity index (χ3v) is 3.01. The quantitative estimate of drug-likeness (QED) is 0.714. The Morgan fingerprint density at radius 2 is 1.65 bits per heavy atom. The smallest absolute Gasteiger partial charge is 0.0605 e. The zero-order chi connectivity index (χ0) is 12.7. The van der Waals surface area contributed by atoms with Crippen molar-refractivity contribution >= 4 is 0 Å². The van der Waals surface area contributed by atoms with Gasteiger partial charge in [-0.25, -0.2) is 0 Å². The molecule has 0 aromatic heterocycles. The van der Waals surface area contributed by atoms with Gasteiger partial charge in [-0.1, -0.05) is 51.7 Å². The van der Waals surface area contributed by atoms with Crippen LogP contribution >= 0.6 is 0 Å². The van der Waals surface area contributed by atoms with E-state index in [-0.39, 0.29) is 0 Å². The van der Waals surface area contributed by atoms with Gasteiger partial charge in [-0.05, 0) is 36.7 Å². The van der Waals surface area contributed by atoms with Crippen LogP contribution in [0.3, 0.4) is 0 Å². The van der Waals surface area contributed by atoms with Gasteiger partial charge in [0.2, 0.25) is 0 Å². The van der Waals surface area contributed by atoms with Crippen molar-refractivity contribution in [2.24, 2.45) is 0 Å². The Balaban J connectivity index is 2.60. The minimum atomic E-state index is 0.590. The van der Waals surface area contributed by atoms with Crippen LogP contribution in [0.5, 0.6) is 0 Å². The largest absolute Gasteiger partial charge is 0.293 e. The molecular formula is C16H23N. The molecule has 0 amide bonds. The van der Waals surface area contributed by atoms with Crippen molar-refractivity contribution in [3.05, 3.63) is 35.4 Å². The lowest BCUT2D eigenvalue weighted by molar-refractivity contribution is 0.342. The summed E-state index contributed by atoms with van der Waals surface area (Å²) in [5.41, 5.74) is 2.49. The Bertz CT molecular complexity index is 374. The molecule has 1 rings (SSSR count). The molecule has 0 fully saturated rings. The summed E-state index contributed by atoms with van der Waals surface area (Å²) in [7, 11) is 0. The van der Waals surface area contributed by atoms with E-state index in [4.69, 9.17) is 0 Å². The van der Waals surface area contributed by atoms with Crippen molar-refractivity contribution in [3.8, 4) is 11.8 Å². The second-order valence-corrected chi connectivity index (χ2v) is 4.54. The molecule has 0 aliphatic rings. The lowest BCUT2D eigenvalue weighted by Gasteiger charge is -2.13. The van der Waals surface area contributed by atoms with E-state index in [1.807, 2.05) is 0 Å². The normalized spacial score (nSPS) is 10.5. The van der Waals surface area contributed by atoms with Gasteiger partial charge >= 0.3 is 0 Å².